The third kappa shape index (κ3) is 2.71. The molecule has 0 aliphatic heterocycles. The Morgan fingerprint density at radius 2 is 2.05 bits per heavy atom. The number of nitro benzene ring substituents is 1. The van der Waals surface area contributed by atoms with Crippen LogP contribution in [-0.4, -0.2) is 20.8 Å². The minimum atomic E-state index is -0.479. The summed E-state index contributed by atoms with van der Waals surface area (Å²) in [6.45, 7) is 3.48. The zero-order chi connectivity index (χ0) is 14.7. The van der Waals surface area contributed by atoms with E-state index in [1.54, 1.807) is 26.0 Å². The summed E-state index contributed by atoms with van der Waals surface area (Å²) in [5, 5.41) is 14.4. The van der Waals surface area contributed by atoms with E-state index in [1.807, 2.05) is 0 Å². The molecule has 0 radical (unpaired) electrons. The predicted octanol–water partition coefficient (Wildman–Crippen LogP) is 2.73. The average molecular weight is 275 g/mol. The van der Waals surface area contributed by atoms with Crippen molar-refractivity contribution in [3.8, 4) is 11.4 Å². The van der Waals surface area contributed by atoms with Crippen LogP contribution in [0.15, 0.2) is 28.8 Å². The van der Waals surface area contributed by atoms with Crippen molar-refractivity contribution in [2.75, 3.05) is 0 Å². The normalized spacial score (nSPS) is 12.1. The van der Waals surface area contributed by atoms with Gasteiger partial charge in [0.05, 0.1) is 10.8 Å². The zero-order valence-corrected chi connectivity index (χ0v) is 11.1. The van der Waals surface area contributed by atoms with Gasteiger partial charge in [-0.15, -0.1) is 0 Å². The van der Waals surface area contributed by atoms with E-state index in [1.165, 1.54) is 12.1 Å². The molecular weight excluding hydrogens is 262 g/mol. The molecule has 2 rings (SSSR count). The number of non-ortho nitro benzene ring substituents is 1. The van der Waals surface area contributed by atoms with Crippen molar-refractivity contribution in [2.45, 2.75) is 26.2 Å². The molecule has 2 aromatic rings. The number of aromatic nitrogens is 2. The Bertz CT molecular complexity index is 633. The Morgan fingerprint density at radius 1 is 1.40 bits per heavy atom. The van der Waals surface area contributed by atoms with Crippen LogP contribution in [0.3, 0.4) is 0 Å². The second-order valence-electron chi connectivity index (χ2n) is 4.30. The zero-order valence-electron chi connectivity index (χ0n) is 11.1. The Balaban J connectivity index is 2.24. The average Bonchev–Trinajstić information content (AvgIpc) is 2.95. The fraction of sp³-hybridized carbons (Fsp3) is 0.308. The molecular formula is C13H13N3O4. The standard InChI is InChI=1S/C13H13N3O4/c1-3-11(17)8(2)13-14-12(15-20-13)9-4-6-10(7-5-9)16(18)19/h4-8H,3H2,1-2H3. The third-order valence-corrected chi connectivity index (χ3v) is 2.98. The first kappa shape index (κ1) is 13.9. The van der Waals surface area contributed by atoms with Gasteiger partial charge < -0.3 is 4.52 Å². The van der Waals surface area contributed by atoms with Crippen molar-refractivity contribution >= 4 is 11.5 Å². The minimum Gasteiger partial charge on any atom is -0.338 e. The maximum Gasteiger partial charge on any atom is 0.269 e. The number of hydrogen-bond acceptors (Lipinski definition) is 6. The number of ketones is 1. The van der Waals surface area contributed by atoms with Crippen LogP contribution in [0.4, 0.5) is 5.69 Å². The lowest BCUT2D eigenvalue weighted by atomic mass is 10.1. The number of carbonyl (C=O) groups is 1. The third-order valence-electron chi connectivity index (χ3n) is 2.98. The van der Waals surface area contributed by atoms with Crippen LogP contribution in [0.5, 0.6) is 0 Å². The summed E-state index contributed by atoms with van der Waals surface area (Å²) in [5.41, 5.74) is 0.591. The largest absolute Gasteiger partial charge is 0.338 e. The Labute approximate surface area is 114 Å². The van der Waals surface area contributed by atoms with Crippen LogP contribution in [0.2, 0.25) is 0 Å². The first-order chi connectivity index (χ1) is 9.52. The topological polar surface area (TPSA) is 99.1 Å². The van der Waals surface area contributed by atoms with E-state index >= 15 is 0 Å². The molecule has 1 unspecified atom stereocenters. The van der Waals surface area contributed by atoms with Crippen molar-refractivity contribution in [3.05, 3.63) is 40.3 Å². The SMILES string of the molecule is CCC(=O)C(C)c1nc(-c2ccc([N+](=O)[O-])cc2)no1. The highest BCUT2D eigenvalue weighted by Gasteiger charge is 2.20. The molecule has 0 fully saturated rings. The van der Waals surface area contributed by atoms with Crippen LogP contribution in [-0.2, 0) is 4.79 Å². The van der Waals surface area contributed by atoms with Crippen LogP contribution in [0.25, 0.3) is 11.4 Å². The Kier molecular flexibility index (Phi) is 3.88. The van der Waals surface area contributed by atoms with Gasteiger partial charge in [0, 0.05) is 24.1 Å². The smallest absolute Gasteiger partial charge is 0.269 e. The lowest BCUT2D eigenvalue weighted by Crippen LogP contribution is -2.07. The molecule has 0 saturated heterocycles. The van der Waals surface area contributed by atoms with Crippen LogP contribution in [0.1, 0.15) is 32.1 Å². The van der Waals surface area contributed by atoms with Gasteiger partial charge in [-0.1, -0.05) is 12.1 Å². The molecule has 0 aliphatic carbocycles. The second-order valence-corrected chi connectivity index (χ2v) is 4.30. The highest BCUT2D eigenvalue weighted by atomic mass is 16.6. The first-order valence-electron chi connectivity index (χ1n) is 6.14. The first-order valence-corrected chi connectivity index (χ1v) is 6.14. The van der Waals surface area contributed by atoms with Crippen molar-refractivity contribution < 1.29 is 14.2 Å². The summed E-state index contributed by atoms with van der Waals surface area (Å²) < 4.78 is 5.07. The molecule has 20 heavy (non-hydrogen) atoms. The molecule has 0 N–H and O–H groups in total. The molecule has 7 nitrogen and oxygen atoms in total. The van der Waals surface area contributed by atoms with Crippen LogP contribution < -0.4 is 0 Å². The maximum atomic E-state index is 11.6. The molecule has 0 bridgehead atoms. The molecule has 0 amide bonds. The van der Waals surface area contributed by atoms with Gasteiger partial charge in [0.1, 0.15) is 5.78 Å². The van der Waals surface area contributed by atoms with Crippen molar-refractivity contribution in [1.82, 2.24) is 10.1 Å². The molecule has 7 heteroatoms. The van der Waals surface area contributed by atoms with Crippen molar-refractivity contribution in [1.29, 1.82) is 0 Å². The number of benzene rings is 1. The highest BCUT2D eigenvalue weighted by molar-refractivity contribution is 5.84. The van der Waals surface area contributed by atoms with Gasteiger partial charge in [-0.2, -0.15) is 4.98 Å². The van der Waals surface area contributed by atoms with Crippen molar-refractivity contribution in [2.24, 2.45) is 0 Å². The number of carbonyl (C=O) groups excluding carboxylic acids is 1. The summed E-state index contributed by atoms with van der Waals surface area (Å²) in [4.78, 5) is 25.8. The Morgan fingerprint density at radius 3 is 2.60 bits per heavy atom. The number of nitro groups is 1. The number of rotatable bonds is 5. The van der Waals surface area contributed by atoms with Gasteiger partial charge in [0.15, 0.2) is 0 Å². The summed E-state index contributed by atoms with van der Waals surface area (Å²) in [7, 11) is 0. The van der Waals surface area contributed by atoms with E-state index in [9.17, 15) is 14.9 Å². The van der Waals surface area contributed by atoms with Gasteiger partial charge in [-0.3, -0.25) is 14.9 Å². The molecule has 1 heterocycles. The fourth-order valence-electron chi connectivity index (χ4n) is 1.70. The van der Waals surface area contributed by atoms with Gasteiger partial charge in [0.2, 0.25) is 11.7 Å². The van der Waals surface area contributed by atoms with E-state index in [0.717, 1.165) is 0 Å². The highest BCUT2D eigenvalue weighted by Crippen LogP contribution is 2.22. The molecule has 1 aromatic carbocycles. The summed E-state index contributed by atoms with van der Waals surface area (Å²) in [5.74, 6) is 0.138. The van der Waals surface area contributed by atoms with E-state index < -0.39 is 10.8 Å². The fourth-order valence-corrected chi connectivity index (χ4v) is 1.70. The van der Waals surface area contributed by atoms with Gasteiger partial charge in [-0.05, 0) is 19.1 Å². The number of hydrogen-bond donors (Lipinski definition) is 0. The molecule has 0 aliphatic rings. The molecule has 1 aromatic heterocycles. The van der Waals surface area contributed by atoms with E-state index in [0.29, 0.717) is 17.8 Å². The van der Waals surface area contributed by atoms with Crippen LogP contribution in [0, 0.1) is 10.1 Å². The van der Waals surface area contributed by atoms with E-state index in [-0.39, 0.29) is 17.4 Å². The van der Waals surface area contributed by atoms with E-state index in [2.05, 4.69) is 10.1 Å². The molecule has 0 spiro atoms. The van der Waals surface area contributed by atoms with Gasteiger partial charge in [-0.25, -0.2) is 0 Å². The lowest BCUT2D eigenvalue weighted by Gasteiger charge is -2.01. The maximum absolute atomic E-state index is 11.6. The molecule has 104 valence electrons. The summed E-state index contributed by atoms with van der Waals surface area (Å²) in [6.07, 6.45) is 0.399. The van der Waals surface area contributed by atoms with Crippen LogP contribution >= 0.6 is 0 Å². The minimum absolute atomic E-state index is 0.00741. The van der Waals surface area contributed by atoms with Gasteiger partial charge >= 0.3 is 0 Å². The van der Waals surface area contributed by atoms with Gasteiger partial charge in [0.25, 0.3) is 5.69 Å². The predicted molar refractivity (Wildman–Crippen MR) is 70.1 cm³/mol. The monoisotopic (exact) mass is 275 g/mol. The van der Waals surface area contributed by atoms with E-state index in [4.69, 9.17) is 4.52 Å². The number of Topliss-reactive ketones (excluding diaryl/α,β-unsaturated/α-hetero) is 1. The molecule has 1 atom stereocenters. The second kappa shape index (κ2) is 5.60. The lowest BCUT2D eigenvalue weighted by molar-refractivity contribution is -0.384. The quantitative estimate of drug-likeness (QED) is 0.614. The van der Waals surface area contributed by atoms with Crippen molar-refractivity contribution in [3.63, 3.8) is 0 Å². The molecule has 0 saturated carbocycles. The Hall–Kier alpha value is -2.57. The number of nitrogens with zero attached hydrogens (tertiary/aromatic N) is 3. The summed E-state index contributed by atoms with van der Waals surface area (Å²) >= 11 is 0. The summed E-state index contributed by atoms with van der Waals surface area (Å²) in [6, 6.07) is 5.82.